The number of rotatable bonds is 5. The van der Waals surface area contributed by atoms with Gasteiger partial charge in [0.25, 0.3) is 0 Å². The molecule has 152 valence electrons. The quantitative estimate of drug-likeness (QED) is 0.549. The van der Waals surface area contributed by atoms with Gasteiger partial charge in [0, 0.05) is 18.3 Å². The summed E-state index contributed by atoms with van der Waals surface area (Å²) in [5.41, 5.74) is -0.104. The van der Waals surface area contributed by atoms with Crippen LogP contribution < -0.4 is 5.32 Å². The minimum absolute atomic E-state index is 0.0158. The van der Waals surface area contributed by atoms with E-state index in [4.69, 9.17) is 11.6 Å². The zero-order valence-electron chi connectivity index (χ0n) is 15.4. The van der Waals surface area contributed by atoms with Crippen LogP contribution in [0.15, 0.2) is 53.7 Å². The lowest BCUT2D eigenvalue weighted by Crippen LogP contribution is -2.23. The summed E-state index contributed by atoms with van der Waals surface area (Å²) in [4.78, 5) is 12.4. The summed E-state index contributed by atoms with van der Waals surface area (Å²) < 4.78 is 40.7. The SMILES string of the molecule is CC(Sc1nnc(-c2ccccc2)n1C)C(=O)Nc1ccc(Cl)c(C(F)(F)F)c1. The monoisotopic (exact) mass is 440 g/mol. The normalized spacial score (nSPS) is 12.6. The molecule has 1 heterocycles. The highest BCUT2D eigenvalue weighted by Gasteiger charge is 2.33. The van der Waals surface area contributed by atoms with Crippen molar-refractivity contribution in [1.82, 2.24) is 14.8 Å². The van der Waals surface area contributed by atoms with E-state index in [0.717, 1.165) is 29.5 Å². The number of benzene rings is 2. The van der Waals surface area contributed by atoms with Crippen molar-refractivity contribution in [1.29, 1.82) is 0 Å². The van der Waals surface area contributed by atoms with E-state index in [1.54, 1.807) is 18.5 Å². The van der Waals surface area contributed by atoms with Crippen LogP contribution in [0.25, 0.3) is 11.4 Å². The van der Waals surface area contributed by atoms with Crippen LogP contribution in [-0.2, 0) is 18.0 Å². The Kier molecular flexibility index (Phi) is 6.18. The van der Waals surface area contributed by atoms with Crippen molar-refractivity contribution in [3.63, 3.8) is 0 Å². The number of nitrogens with zero attached hydrogens (tertiary/aromatic N) is 3. The van der Waals surface area contributed by atoms with Crippen LogP contribution in [0.2, 0.25) is 5.02 Å². The van der Waals surface area contributed by atoms with Crippen LogP contribution in [0.4, 0.5) is 18.9 Å². The van der Waals surface area contributed by atoms with Crippen molar-refractivity contribution in [3.8, 4) is 11.4 Å². The Labute approximate surface area is 174 Å². The second kappa shape index (κ2) is 8.46. The summed E-state index contributed by atoms with van der Waals surface area (Å²) in [5, 5.41) is 10.2. The number of alkyl halides is 3. The summed E-state index contributed by atoms with van der Waals surface area (Å²) in [6, 6.07) is 12.7. The second-order valence-corrected chi connectivity index (χ2v) is 7.89. The molecule has 5 nitrogen and oxygen atoms in total. The number of amides is 1. The molecule has 1 N–H and O–H groups in total. The highest BCUT2D eigenvalue weighted by molar-refractivity contribution is 8.00. The first-order valence-electron chi connectivity index (χ1n) is 8.46. The fourth-order valence-corrected chi connectivity index (χ4v) is 3.57. The molecule has 0 bridgehead atoms. The maximum atomic E-state index is 13.0. The number of thioether (sulfide) groups is 1. The van der Waals surface area contributed by atoms with Crippen molar-refractivity contribution in [2.45, 2.75) is 23.5 Å². The number of aromatic nitrogens is 3. The Morgan fingerprint density at radius 1 is 1.17 bits per heavy atom. The van der Waals surface area contributed by atoms with Gasteiger partial charge in [-0.05, 0) is 25.1 Å². The highest BCUT2D eigenvalue weighted by Crippen LogP contribution is 2.36. The summed E-state index contributed by atoms with van der Waals surface area (Å²) in [6.45, 7) is 1.64. The van der Waals surface area contributed by atoms with Crippen LogP contribution in [0.5, 0.6) is 0 Å². The van der Waals surface area contributed by atoms with Gasteiger partial charge < -0.3 is 9.88 Å². The second-order valence-electron chi connectivity index (χ2n) is 6.17. The minimum Gasteiger partial charge on any atom is -0.325 e. The number of anilines is 1. The average Bonchev–Trinajstić information content (AvgIpc) is 3.03. The number of hydrogen-bond donors (Lipinski definition) is 1. The van der Waals surface area contributed by atoms with Gasteiger partial charge in [0.15, 0.2) is 11.0 Å². The lowest BCUT2D eigenvalue weighted by Gasteiger charge is -2.14. The maximum Gasteiger partial charge on any atom is 0.417 e. The van der Waals surface area contributed by atoms with Gasteiger partial charge in [-0.15, -0.1) is 10.2 Å². The van der Waals surface area contributed by atoms with Gasteiger partial charge in [0.2, 0.25) is 5.91 Å². The molecule has 0 aliphatic rings. The van der Waals surface area contributed by atoms with Gasteiger partial charge in [0.05, 0.1) is 15.8 Å². The average molecular weight is 441 g/mol. The highest BCUT2D eigenvalue weighted by atomic mass is 35.5. The minimum atomic E-state index is -4.61. The Bertz CT molecular complexity index is 1020. The third-order valence-corrected chi connectivity index (χ3v) is 5.52. The third-order valence-electron chi connectivity index (χ3n) is 4.06. The topological polar surface area (TPSA) is 59.8 Å². The molecule has 0 fully saturated rings. The fourth-order valence-electron chi connectivity index (χ4n) is 2.53. The van der Waals surface area contributed by atoms with Gasteiger partial charge in [-0.2, -0.15) is 13.2 Å². The first-order valence-corrected chi connectivity index (χ1v) is 9.71. The molecule has 2 aromatic carbocycles. The van der Waals surface area contributed by atoms with Gasteiger partial charge in [-0.3, -0.25) is 4.79 Å². The van der Waals surface area contributed by atoms with E-state index in [-0.39, 0.29) is 5.69 Å². The molecule has 0 saturated heterocycles. The predicted molar refractivity (Wildman–Crippen MR) is 107 cm³/mol. The molecule has 0 spiro atoms. The van der Waals surface area contributed by atoms with Gasteiger partial charge >= 0.3 is 6.18 Å². The molecule has 1 aromatic heterocycles. The first-order chi connectivity index (χ1) is 13.7. The van der Waals surface area contributed by atoms with Gasteiger partial charge in [-0.25, -0.2) is 0 Å². The van der Waals surface area contributed by atoms with Crippen LogP contribution >= 0.6 is 23.4 Å². The summed E-state index contributed by atoms with van der Waals surface area (Å²) in [7, 11) is 1.78. The Balaban J connectivity index is 1.72. The molecule has 10 heteroatoms. The predicted octanol–water partition coefficient (Wildman–Crippen LogP) is 5.27. The van der Waals surface area contributed by atoms with E-state index in [9.17, 15) is 18.0 Å². The van der Waals surface area contributed by atoms with Crippen LogP contribution in [0.3, 0.4) is 0 Å². The Hall–Kier alpha value is -2.52. The van der Waals surface area contributed by atoms with E-state index in [1.165, 1.54) is 6.07 Å². The third kappa shape index (κ3) is 4.91. The van der Waals surface area contributed by atoms with Crippen molar-refractivity contribution < 1.29 is 18.0 Å². The Morgan fingerprint density at radius 3 is 2.52 bits per heavy atom. The first kappa shape index (κ1) is 21.2. The molecule has 3 rings (SSSR count). The number of halogens is 4. The largest absolute Gasteiger partial charge is 0.417 e. The summed E-state index contributed by atoms with van der Waals surface area (Å²) in [6.07, 6.45) is -4.61. The molecule has 0 aliphatic heterocycles. The van der Waals surface area contributed by atoms with Crippen molar-refractivity contribution >= 4 is 35.0 Å². The molecular formula is C19H16ClF3N4OS. The molecule has 1 amide bonds. The smallest absolute Gasteiger partial charge is 0.325 e. The molecule has 3 aromatic rings. The van der Waals surface area contributed by atoms with E-state index >= 15 is 0 Å². The molecule has 0 aliphatic carbocycles. The number of carbonyl (C=O) groups excluding carboxylic acids is 1. The van der Waals surface area contributed by atoms with E-state index < -0.39 is 27.9 Å². The van der Waals surface area contributed by atoms with Gasteiger partial charge in [0.1, 0.15) is 0 Å². The fraction of sp³-hybridized carbons (Fsp3) is 0.211. The maximum absolute atomic E-state index is 13.0. The number of carbonyl (C=O) groups is 1. The van der Waals surface area contributed by atoms with E-state index in [0.29, 0.717) is 11.0 Å². The lowest BCUT2D eigenvalue weighted by molar-refractivity contribution is -0.137. The Morgan fingerprint density at radius 2 is 1.86 bits per heavy atom. The molecule has 29 heavy (non-hydrogen) atoms. The molecule has 1 atom stereocenters. The molecule has 0 saturated carbocycles. The molecule has 0 radical (unpaired) electrons. The summed E-state index contributed by atoms with van der Waals surface area (Å²) >= 11 is 6.76. The van der Waals surface area contributed by atoms with Crippen molar-refractivity contribution in [3.05, 3.63) is 59.1 Å². The molecular weight excluding hydrogens is 425 g/mol. The van der Waals surface area contributed by atoms with Crippen LogP contribution in [0, 0.1) is 0 Å². The lowest BCUT2D eigenvalue weighted by atomic mass is 10.2. The zero-order chi connectivity index (χ0) is 21.2. The van der Waals surface area contributed by atoms with Crippen molar-refractivity contribution in [2.75, 3.05) is 5.32 Å². The van der Waals surface area contributed by atoms with Gasteiger partial charge in [-0.1, -0.05) is 53.7 Å². The van der Waals surface area contributed by atoms with Crippen LogP contribution in [0.1, 0.15) is 12.5 Å². The van der Waals surface area contributed by atoms with Crippen LogP contribution in [-0.4, -0.2) is 25.9 Å². The standard InChI is InChI=1S/C19H16ClF3N4OS/c1-11(17(28)24-13-8-9-15(20)14(10-13)19(21,22)23)29-18-26-25-16(27(18)2)12-6-4-3-5-7-12/h3-11H,1-2H3,(H,24,28). The number of nitrogens with one attached hydrogen (secondary N) is 1. The summed E-state index contributed by atoms with van der Waals surface area (Å²) in [5.74, 6) is 0.183. The molecule has 1 unspecified atom stereocenters. The van der Waals surface area contributed by atoms with E-state index in [1.807, 2.05) is 30.3 Å². The van der Waals surface area contributed by atoms with E-state index in [2.05, 4.69) is 15.5 Å². The van der Waals surface area contributed by atoms with Crippen molar-refractivity contribution in [2.24, 2.45) is 7.05 Å². The number of hydrogen-bond acceptors (Lipinski definition) is 4. The zero-order valence-corrected chi connectivity index (χ0v) is 16.9.